The SMILES string of the molecule is C[C@H]1CCCN(c2ccc([C@H](C)N)cc2F)C1. The van der Waals surface area contributed by atoms with E-state index in [9.17, 15) is 4.39 Å². The highest BCUT2D eigenvalue weighted by atomic mass is 19.1. The first-order chi connectivity index (χ1) is 8.08. The Bertz CT molecular complexity index is 390. The van der Waals surface area contributed by atoms with Gasteiger partial charge in [-0.05, 0) is 43.4 Å². The molecule has 1 aromatic rings. The number of hydrogen-bond acceptors (Lipinski definition) is 2. The molecule has 1 aromatic carbocycles. The van der Waals surface area contributed by atoms with Crippen LogP contribution in [0.25, 0.3) is 0 Å². The summed E-state index contributed by atoms with van der Waals surface area (Å²) in [6.45, 7) is 6.00. The summed E-state index contributed by atoms with van der Waals surface area (Å²) >= 11 is 0. The Balaban J connectivity index is 2.21. The van der Waals surface area contributed by atoms with Crippen molar-refractivity contribution in [3.05, 3.63) is 29.6 Å². The molecule has 0 saturated carbocycles. The molecule has 0 aliphatic carbocycles. The van der Waals surface area contributed by atoms with E-state index >= 15 is 0 Å². The van der Waals surface area contributed by atoms with Gasteiger partial charge in [0.15, 0.2) is 0 Å². The minimum atomic E-state index is -0.145. The quantitative estimate of drug-likeness (QED) is 0.855. The molecule has 0 amide bonds. The van der Waals surface area contributed by atoms with E-state index in [1.165, 1.54) is 6.42 Å². The number of hydrogen-bond donors (Lipinski definition) is 1. The zero-order valence-corrected chi connectivity index (χ0v) is 10.6. The highest BCUT2D eigenvalue weighted by Crippen LogP contribution is 2.27. The van der Waals surface area contributed by atoms with Crippen molar-refractivity contribution in [3.63, 3.8) is 0 Å². The molecule has 2 nitrogen and oxygen atoms in total. The van der Waals surface area contributed by atoms with E-state index in [4.69, 9.17) is 5.73 Å². The van der Waals surface area contributed by atoms with Crippen LogP contribution in [0.1, 0.15) is 38.3 Å². The van der Waals surface area contributed by atoms with Gasteiger partial charge in [0.25, 0.3) is 0 Å². The smallest absolute Gasteiger partial charge is 0.146 e. The summed E-state index contributed by atoms with van der Waals surface area (Å²) in [6, 6.07) is 5.26. The third-order valence-corrected chi connectivity index (χ3v) is 3.50. The lowest BCUT2D eigenvalue weighted by molar-refractivity contribution is 0.442. The molecule has 0 bridgehead atoms. The summed E-state index contributed by atoms with van der Waals surface area (Å²) in [5.74, 6) is 0.505. The van der Waals surface area contributed by atoms with Gasteiger partial charge < -0.3 is 10.6 Å². The van der Waals surface area contributed by atoms with Gasteiger partial charge in [-0.3, -0.25) is 0 Å². The van der Waals surface area contributed by atoms with E-state index in [1.807, 2.05) is 19.1 Å². The minimum absolute atomic E-state index is 0.112. The van der Waals surface area contributed by atoms with Crippen LogP contribution in [0, 0.1) is 11.7 Å². The summed E-state index contributed by atoms with van der Waals surface area (Å²) in [4.78, 5) is 2.15. The lowest BCUT2D eigenvalue weighted by Gasteiger charge is -2.33. The summed E-state index contributed by atoms with van der Waals surface area (Å²) in [5.41, 5.74) is 7.33. The minimum Gasteiger partial charge on any atom is -0.369 e. The number of rotatable bonds is 2. The van der Waals surface area contributed by atoms with Crippen molar-refractivity contribution in [2.75, 3.05) is 18.0 Å². The fourth-order valence-electron chi connectivity index (χ4n) is 2.47. The van der Waals surface area contributed by atoms with Gasteiger partial charge in [-0.15, -0.1) is 0 Å². The van der Waals surface area contributed by atoms with E-state index in [0.29, 0.717) is 5.92 Å². The van der Waals surface area contributed by atoms with Crippen LogP contribution < -0.4 is 10.6 Å². The summed E-state index contributed by atoms with van der Waals surface area (Å²) in [6.07, 6.45) is 2.39. The molecule has 0 unspecified atom stereocenters. The van der Waals surface area contributed by atoms with Gasteiger partial charge in [0.2, 0.25) is 0 Å². The van der Waals surface area contributed by atoms with Crippen molar-refractivity contribution in [2.24, 2.45) is 11.7 Å². The average Bonchev–Trinajstić information content (AvgIpc) is 2.28. The Kier molecular flexibility index (Phi) is 3.67. The summed E-state index contributed by atoms with van der Waals surface area (Å²) in [7, 11) is 0. The van der Waals surface area contributed by atoms with Gasteiger partial charge in [-0.25, -0.2) is 4.39 Å². The van der Waals surface area contributed by atoms with Crippen molar-refractivity contribution in [1.82, 2.24) is 0 Å². The highest BCUT2D eigenvalue weighted by Gasteiger charge is 2.19. The zero-order chi connectivity index (χ0) is 12.4. The molecule has 2 N–H and O–H groups in total. The second kappa shape index (κ2) is 5.05. The molecule has 1 fully saturated rings. The third kappa shape index (κ3) is 2.78. The fraction of sp³-hybridized carbons (Fsp3) is 0.571. The average molecular weight is 236 g/mol. The fourth-order valence-corrected chi connectivity index (χ4v) is 2.47. The van der Waals surface area contributed by atoms with Crippen molar-refractivity contribution in [1.29, 1.82) is 0 Å². The number of benzene rings is 1. The van der Waals surface area contributed by atoms with Crippen molar-refractivity contribution in [3.8, 4) is 0 Å². The van der Waals surface area contributed by atoms with E-state index in [-0.39, 0.29) is 11.9 Å². The van der Waals surface area contributed by atoms with Crippen LogP contribution in [0.4, 0.5) is 10.1 Å². The molecule has 2 rings (SSSR count). The van der Waals surface area contributed by atoms with Gasteiger partial charge in [0.05, 0.1) is 5.69 Å². The molecule has 1 heterocycles. The molecule has 0 spiro atoms. The summed E-state index contributed by atoms with van der Waals surface area (Å²) < 4.78 is 14.0. The number of nitrogens with two attached hydrogens (primary N) is 1. The standard InChI is InChI=1S/C14H21FN2/c1-10-4-3-7-17(9-10)14-6-5-12(11(2)16)8-13(14)15/h5-6,8,10-11H,3-4,7,9,16H2,1-2H3/t10-,11-/m0/s1. The third-order valence-electron chi connectivity index (χ3n) is 3.50. The Labute approximate surface area is 103 Å². The molecular formula is C14H21FN2. The number of piperidine rings is 1. The Morgan fingerprint density at radius 1 is 1.47 bits per heavy atom. The summed E-state index contributed by atoms with van der Waals surface area (Å²) in [5, 5.41) is 0. The first-order valence-electron chi connectivity index (χ1n) is 6.38. The van der Waals surface area contributed by atoms with E-state index in [2.05, 4.69) is 11.8 Å². The van der Waals surface area contributed by atoms with Crippen molar-refractivity contribution in [2.45, 2.75) is 32.7 Å². The molecule has 0 radical (unpaired) electrons. The molecule has 1 aliphatic heterocycles. The maximum absolute atomic E-state index is 14.0. The molecule has 3 heteroatoms. The first-order valence-corrected chi connectivity index (χ1v) is 6.38. The van der Waals surface area contributed by atoms with Crippen molar-refractivity contribution >= 4 is 5.69 Å². The van der Waals surface area contributed by atoms with Crippen LogP contribution in [0.15, 0.2) is 18.2 Å². The molecule has 94 valence electrons. The van der Waals surface area contributed by atoms with Gasteiger partial charge in [-0.2, -0.15) is 0 Å². The lowest BCUT2D eigenvalue weighted by Crippen LogP contribution is -2.34. The van der Waals surface area contributed by atoms with Crippen molar-refractivity contribution < 1.29 is 4.39 Å². The van der Waals surface area contributed by atoms with Crippen LogP contribution in [-0.2, 0) is 0 Å². The predicted molar refractivity (Wildman–Crippen MR) is 69.6 cm³/mol. The molecule has 17 heavy (non-hydrogen) atoms. The van der Waals surface area contributed by atoms with E-state index in [1.54, 1.807) is 6.07 Å². The first kappa shape index (κ1) is 12.4. The predicted octanol–water partition coefficient (Wildman–Crippen LogP) is 3.08. The van der Waals surface area contributed by atoms with Gasteiger partial charge in [-0.1, -0.05) is 13.0 Å². The molecule has 2 atom stereocenters. The van der Waals surface area contributed by atoms with E-state index in [0.717, 1.165) is 30.8 Å². The maximum atomic E-state index is 14.0. The highest BCUT2D eigenvalue weighted by molar-refractivity contribution is 5.50. The van der Waals surface area contributed by atoms with Gasteiger partial charge in [0, 0.05) is 19.1 Å². The van der Waals surface area contributed by atoms with Crippen LogP contribution in [-0.4, -0.2) is 13.1 Å². The number of halogens is 1. The molecule has 1 saturated heterocycles. The Morgan fingerprint density at radius 3 is 2.82 bits per heavy atom. The molecular weight excluding hydrogens is 215 g/mol. The molecule has 0 aromatic heterocycles. The second-order valence-corrected chi connectivity index (χ2v) is 5.19. The number of nitrogens with zero attached hydrogens (tertiary/aromatic N) is 1. The Morgan fingerprint density at radius 2 is 2.24 bits per heavy atom. The van der Waals surface area contributed by atoms with Crippen LogP contribution in [0.3, 0.4) is 0 Å². The zero-order valence-electron chi connectivity index (χ0n) is 10.6. The lowest BCUT2D eigenvalue weighted by atomic mass is 9.99. The normalized spacial score (nSPS) is 22.6. The molecule has 1 aliphatic rings. The number of anilines is 1. The van der Waals surface area contributed by atoms with E-state index < -0.39 is 0 Å². The second-order valence-electron chi connectivity index (χ2n) is 5.19. The van der Waals surface area contributed by atoms with Crippen LogP contribution >= 0.6 is 0 Å². The van der Waals surface area contributed by atoms with Crippen LogP contribution in [0.2, 0.25) is 0 Å². The topological polar surface area (TPSA) is 29.3 Å². The maximum Gasteiger partial charge on any atom is 0.146 e. The Hall–Kier alpha value is -1.09. The largest absolute Gasteiger partial charge is 0.369 e. The van der Waals surface area contributed by atoms with Gasteiger partial charge >= 0.3 is 0 Å². The van der Waals surface area contributed by atoms with Gasteiger partial charge in [0.1, 0.15) is 5.82 Å². The van der Waals surface area contributed by atoms with Crippen LogP contribution in [0.5, 0.6) is 0 Å². The monoisotopic (exact) mass is 236 g/mol.